The summed E-state index contributed by atoms with van der Waals surface area (Å²) in [6, 6.07) is 11.1. The Morgan fingerprint density at radius 2 is 1.86 bits per heavy atom. The van der Waals surface area contributed by atoms with E-state index in [4.69, 9.17) is 24.1 Å². The zero-order chi connectivity index (χ0) is 19.8. The van der Waals surface area contributed by atoms with E-state index >= 15 is 0 Å². The smallest absolute Gasteiger partial charge is 0.185 e. The first kappa shape index (κ1) is 19.7. The summed E-state index contributed by atoms with van der Waals surface area (Å²) in [5.41, 5.74) is 2.10. The maximum atomic E-state index is 8.78. The Morgan fingerprint density at radius 1 is 1.04 bits per heavy atom. The summed E-state index contributed by atoms with van der Waals surface area (Å²) in [5, 5.41) is 12.0. The van der Waals surface area contributed by atoms with Gasteiger partial charge in [0.1, 0.15) is 18.6 Å². The maximum Gasteiger partial charge on any atom is 0.185 e. The van der Waals surface area contributed by atoms with Gasteiger partial charge in [0.05, 0.1) is 50.8 Å². The number of hydrogen-bond acceptors (Lipinski definition) is 8. The quantitative estimate of drug-likeness (QED) is 0.515. The molecule has 0 amide bonds. The molecule has 3 rings (SSSR count). The zero-order valence-electron chi connectivity index (χ0n) is 15.8. The first-order valence-electron chi connectivity index (χ1n) is 8.74. The van der Waals surface area contributed by atoms with Crippen LogP contribution in [0.5, 0.6) is 17.2 Å². The second kappa shape index (κ2) is 9.72. The second-order valence-corrected chi connectivity index (χ2v) is 5.69. The fraction of sp³-hybridized carbons (Fsp3) is 0.300. The minimum absolute atomic E-state index is 0.0326. The average Bonchev–Trinajstić information content (AvgIpc) is 2.74. The van der Waals surface area contributed by atoms with E-state index in [1.807, 2.05) is 24.3 Å². The van der Waals surface area contributed by atoms with Gasteiger partial charge in [-0.3, -0.25) is 0 Å². The molecule has 1 heterocycles. The standard InChI is InChI=1S/C20H22N3O5/c1-25-14-11-17(20(18(12-14)26-2)28-10-9-27-8-7-24)23-19-13-21-15-5-3-4-6-16(15)22-19/h3-6,11-12,24H,7-10H2,1-2H3,(H,22,23). The second-order valence-electron chi connectivity index (χ2n) is 5.69. The molecular formula is C20H22N3O5. The third kappa shape index (κ3) is 4.79. The van der Waals surface area contributed by atoms with E-state index in [1.165, 1.54) is 0 Å². The van der Waals surface area contributed by atoms with Crippen molar-refractivity contribution >= 4 is 22.5 Å². The lowest BCUT2D eigenvalue weighted by Crippen LogP contribution is -2.11. The molecule has 8 heteroatoms. The van der Waals surface area contributed by atoms with Gasteiger partial charge in [-0.25, -0.2) is 9.97 Å². The van der Waals surface area contributed by atoms with E-state index in [0.717, 1.165) is 11.0 Å². The van der Waals surface area contributed by atoms with Crippen LogP contribution < -0.4 is 19.5 Å². The fourth-order valence-electron chi connectivity index (χ4n) is 2.55. The first-order valence-corrected chi connectivity index (χ1v) is 8.74. The summed E-state index contributed by atoms with van der Waals surface area (Å²) >= 11 is 0. The molecule has 147 valence electrons. The Hall–Kier alpha value is -3.10. The van der Waals surface area contributed by atoms with Crippen LogP contribution in [-0.2, 0) is 4.74 Å². The van der Waals surface area contributed by atoms with E-state index in [9.17, 15) is 0 Å². The Kier molecular flexibility index (Phi) is 6.83. The molecule has 3 aromatic rings. The number of ether oxygens (including phenoxy) is 4. The molecule has 0 aliphatic carbocycles. The molecule has 28 heavy (non-hydrogen) atoms. The van der Waals surface area contributed by atoms with Crippen LogP contribution in [0.1, 0.15) is 0 Å². The van der Waals surface area contributed by atoms with Crippen LogP contribution >= 0.6 is 0 Å². The molecule has 0 spiro atoms. The van der Waals surface area contributed by atoms with E-state index in [0.29, 0.717) is 35.4 Å². The fourth-order valence-corrected chi connectivity index (χ4v) is 2.55. The SMILES string of the molecule is COc1cc(Nc2[c]nc3ccccc3n2)c(OCCOCCO)c(OC)c1. The van der Waals surface area contributed by atoms with Crippen LogP contribution in [0.3, 0.4) is 0 Å². The third-order valence-corrected chi connectivity index (χ3v) is 3.84. The molecule has 2 aromatic carbocycles. The summed E-state index contributed by atoms with van der Waals surface area (Å²) in [4.78, 5) is 8.82. The third-order valence-electron chi connectivity index (χ3n) is 3.84. The van der Waals surface area contributed by atoms with Gasteiger partial charge < -0.3 is 29.4 Å². The largest absolute Gasteiger partial charge is 0.497 e. The number of rotatable bonds is 10. The van der Waals surface area contributed by atoms with E-state index in [2.05, 4.69) is 21.5 Å². The molecule has 8 nitrogen and oxygen atoms in total. The van der Waals surface area contributed by atoms with Crippen molar-refractivity contribution in [3.63, 3.8) is 0 Å². The van der Waals surface area contributed by atoms with E-state index < -0.39 is 0 Å². The Labute approximate surface area is 163 Å². The summed E-state index contributed by atoms with van der Waals surface area (Å²) in [7, 11) is 3.12. The van der Waals surface area contributed by atoms with Gasteiger partial charge in [0.2, 0.25) is 0 Å². The van der Waals surface area contributed by atoms with Crippen LogP contribution in [0, 0.1) is 6.20 Å². The summed E-state index contributed by atoms with van der Waals surface area (Å²) < 4.78 is 21.9. The van der Waals surface area contributed by atoms with Gasteiger partial charge in [0.25, 0.3) is 0 Å². The molecule has 0 bridgehead atoms. The Morgan fingerprint density at radius 3 is 2.61 bits per heavy atom. The lowest BCUT2D eigenvalue weighted by molar-refractivity contribution is 0.0700. The highest BCUT2D eigenvalue weighted by Gasteiger charge is 2.15. The van der Waals surface area contributed by atoms with E-state index in [-0.39, 0.29) is 19.8 Å². The molecule has 1 radical (unpaired) electrons. The van der Waals surface area contributed by atoms with Gasteiger partial charge >= 0.3 is 0 Å². The molecule has 0 atom stereocenters. The number of anilines is 2. The number of nitrogens with one attached hydrogen (secondary N) is 1. The number of para-hydroxylation sites is 2. The number of hydrogen-bond donors (Lipinski definition) is 2. The van der Waals surface area contributed by atoms with Crippen molar-refractivity contribution in [3.8, 4) is 17.2 Å². The van der Waals surface area contributed by atoms with Gasteiger partial charge in [-0.05, 0) is 12.1 Å². The minimum Gasteiger partial charge on any atom is -0.497 e. The number of methoxy groups -OCH3 is 2. The zero-order valence-corrected chi connectivity index (χ0v) is 15.8. The van der Waals surface area contributed by atoms with Crippen molar-refractivity contribution in [3.05, 3.63) is 42.6 Å². The predicted octanol–water partition coefficient (Wildman–Crippen LogP) is 2.58. The van der Waals surface area contributed by atoms with Gasteiger partial charge in [0, 0.05) is 12.1 Å². The molecule has 0 saturated heterocycles. The number of benzene rings is 2. The van der Waals surface area contributed by atoms with Gasteiger partial charge in [-0.2, -0.15) is 0 Å². The normalized spacial score (nSPS) is 10.7. The summed E-state index contributed by atoms with van der Waals surface area (Å²) in [6.45, 7) is 0.840. The molecular weight excluding hydrogens is 362 g/mol. The maximum absolute atomic E-state index is 8.78. The predicted molar refractivity (Wildman–Crippen MR) is 105 cm³/mol. The number of aliphatic hydroxyl groups is 1. The molecule has 0 unspecified atom stereocenters. The van der Waals surface area contributed by atoms with Crippen molar-refractivity contribution in [1.29, 1.82) is 0 Å². The van der Waals surface area contributed by atoms with Crippen LogP contribution in [0.4, 0.5) is 11.5 Å². The Balaban J connectivity index is 1.87. The van der Waals surface area contributed by atoms with Gasteiger partial charge in [0.15, 0.2) is 17.3 Å². The van der Waals surface area contributed by atoms with Crippen molar-refractivity contribution in [2.45, 2.75) is 0 Å². The van der Waals surface area contributed by atoms with Crippen LogP contribution in [0.15, 0.2) is 36.4 Å². The number of fused-ring (bicyclic) bond motifs is 1. The summed E-state index contributed by atoms with van der Waals surface area (Å²) in [5.74, 6) is 2.02. The lowest BCUT2D eigenvalue weighted by Gasteiger charge is -2.17. The minimum atomic E-state index is -0.0326. The number of aromatic nitrogens is 2. The van der Waals surface area contributed by atoms with Gasteiger partial charge in [-0.1, -0.05) is 12.1 Å². The van der Waals surface area contributed by atoms with Crippen molar-refractivity contribution in [2.24, 2.45) is 0 Å². The highest BCUT2D eigenvalue weighted by molar-refractivity contribution is 5.77. The molecule has 2 N–H and O–H groups in total. The number of aliphatic hydroxyl groups excluding tert-OH is 1. The Bertz CT molecular complexity index is 919. The molecule has 0 saturated carbocycles. The molecule has 0 fully saturated rings. The first-order chi connectivity index (χ1) is 13.7. The highest BCUT2D eigenvalue weighted by Crippen LogP contribution is 2.40. The highest BCUT2D eigenvalue weighted by atomic mass is 16.5. The van der Waals surface area contributed by atoms with Crippen molar-refractivity contribution in [2.75, 3.05) is 46.0 Å². The van der Waals surface area contributed by atoms with Crippen molar-refractivity contribution in [1.82, 2.24) is 9.97 Å². The van der Waals surface area contributed by atoms with Crippen LogP contribution in [0.25, 0.3) is 11.0 Å². The number of nitrogens with zero attached hydrogens (tertiary/aromatic N) is 2. The van der Waals surface area contributed by atoms with Crippen LogP contribution in [-0.4, -0.2) is 55.7 Å². The van der Waals surface area contributed by atoms with Gasteiger partial charge in [-0.15, -0.1) is 0 Å². The van der Waals surface area contributed by atoms with E-state index in [1.54, 1.807) is 26.4 Å². The summed E-state index contributed by atoms with van der Waals surface area (Å²) in [6.07, 6.45) is 2.88. The average molecular weight is 384 g/mol. The van der Waals surface area contributed by atoms with Crippen molar-refractivity contribution < 1.29 is 24.1 Å². The van der Waals surface area contributed by atoms with Crippen LogP contribution in [0.2, 0.25) is 0 Å². The molecule has 1 aromatic heterocycles. The lowest BCUT2D eigenvalue weighted by atomic mass is 10.2. The molecule has 0 aliphatic heterocycles. The monoisotopic (exact) mass is 384 g/mol. The molecule has 0 aliphatic rings. The topological polar surface area (TPSA) is 95.0 Å².